The quantitative estimate of drug-likeness (QED) is 0.0653. The number of carboxylic acid groups (broad SMARTS) is 2. The fourth-order valence-corrected chi connectivity index (χ4v) is 8.40. The van der Waals surface area contributed by atoms with Gasteiger partial charge in [0.25, 0.3) is 10.5 Å². The number of amides is 4. The van der Waals surface area contributed by atoms with Crippen molar-refractivity contribution in [1.29, 1.82) is 0 Å². The van der Waals surface area contributed by atoms with Crippen molar-refractivity contribution in [2.24, 2.45) is 0 Å². The number of nitrogens with one attached hydrogen (secondary N) is 1. The van der Waals surface area contributed by atoms with Crippen LogP contribution in [0.1, 0.15) is 60.1 Å². The third kappa shape index (κ3) is 14.2. The van der Waals surface area contributed by atoms with Gasteiger partial charge in [0.2, 0.25) is 11.8 Å². The van der Waals surface area contributed by atoms with E-state index in [0.717, 1.165) is 39.6 Å². The van der Waals surface area contributed by atoms with Crippen LogP contribution in [-0.4, -0.2) is 98.8 Å². The van der Waals surface area contributed by atoms with E-state index in [0.29, 0.717) is 34.8 Å². The first kappa shape index (κ1) is 48.4. The Hall–Kier alpha value is -7.06. The summed E-state index contributed by atoms with van der Waals surface area (Å²) < 4.78 is 34.3. The molecule has 0 aliphatic carbocycles. The summed E-state index contributed by atoms with van der Waals surface area (Å²) in [6.07, 6.45) is -2.87. The average Bonchev–Trinajstić information content (AvgIpc) is 3.77. The highest BCUT2D eigenvalue weighted by Crippen LogP contribution is 2.32. The van der Waals surface area contributed by atoms with Gasteiger partial charge in [-0.15, -0.1) is 0 Å². The lowest BCUT2D eigenvalue weighted by Crippen LogP contribution is -2.35. The Morgan fingerprint density at radius 1 is 0.621 bits per heavy atom. The topological polar surface area (TPSA) is 248 Å². The molecule has 0 spiro atoms. The van der Waals surface area contributed by atoms with E-state index >= 15 is 0 Å². The first-order valence-electron chi connectivity index (χ1n) is 20.4. The minimum atomic E-state index is -1.17. The van der Waals surface area contributed by atoms with Gasteiger partial charge in [0.15, 0.2) is 18.9 Å². The van der Waals surface area contributed by atoms with Crippen LogP contribution in [0, 0.1) is 0 Å². The number of ether oxygens (including phenoxy) is 6. The van der Waals surface area contributed by atoms with Gasteiger partial charge in [0.1, 0.15) is 36.2 Å². The van der Waals surface area contributed by atoms with Crippen molar-refractivity contribution in [1.82, 2.24) is 10.2 Å². The SMILES string of the molecule is COc1cccc([C@H](COc2ccc(CC3SC(=O)N(COc4cccc([C@@H](COc5ccc(CC6SC(=O)NC6=O)cc5)OC(=O)CCC(=O)O)c4)C3=O)cc2)OC(=O)CCC(=O)O)c1. The number of imide groups is 2. The van der Waals surface area contributed by atoms with E-state index in [1.807, 2.05) is 0 Å². The maximum absolute atomic E-state index is 13.4. The summed E-state index contributed by atoms with van der Waals surface area (Å²) in [5, 5.41) is 18.1. The Labute approximate surface area is 386 Å². The van der Waals surface area contributed by atoms with Crippen molar-refractivity contribution in [2.45, 2.75) is 61.2 Å². The summed E-state index contributed by atoms with van der Waals surface area (Å²) in [5.74, 6) is -3.00. The summed E-state index contributed by atoms with van der Waals surface area (Å²) in [6.45, 7) is -0.680. The molecule has 2 heterocycles. The summed E-state index contributed by atoms with van der Waals surface area (Å²) in [5.41, 5.74) is 2.53. The number of carbonyl (C=O) groups excluding carboxylic acids is 6. The fraction of sp³-hybridized carbons (Fsp3) is 0.304. The lowest BCUT2D eigenvalue weighted by molar-refractivity contribution is -0.154. The van der Waals surface area contributed by atoms with Gasteiger partial charge in [0, 0.05) is 0 Å². The van der Waals surface area contributed by atoms with Crippen molar-refractivity contribution in [2.75, 3.05) is 27.1 Å². The first-order valence-corrected chi connectivity index (χ1v) is 22.1. The third-order valence-electron chi connectivity index (χ3n) is 9.95. The number of benzene rings is 4. The molecule has 2 saturated heterocycles. The number of aliphatic carboxylic acids is 2. The van der Waals surface area contributed by atoms with Crippen LogP contribution in [0.2, 0.25) is 0 Å². The van der Waals surface area contributed by atoms with E-state index in [2.05, 4.69) is 5.32 Å². The maximum Gasteiger partial charge on any atom is 0.307 e. The van der Waals surface area contributed by atoms with Crippen molar-refractivity contribution >= 4 is 69.7 Å². The van der Waals surface area contributed by atoms with Crippen molar-refractivity contribution in [3.05, 3.63) is 119 Å². The number of methoxy groups -OCH3 is 1. The second kappa shape index (κ2) is 23.2. The third-order valence-corrected chi connectivity index (χ3v) is 12.0. The lowest BCUT2D eigenvalue weighted by Gasteiger charge is -2.20. The van der Waals surface area contributed by atoms with Crippen LogP contribution in [0.15, 0.2) is 97.1 Å². The van der Waals surface area contributed by atoms with Gasteiger partial charge in [-0.3, -0.25) is 43.7 Å². The molecule has 20 heteroatoms. The molecule has 0 bridgehead atoms. The summed E-state index contributed by atoms with van der Waals surface area (Å²) in [6, 6.07) is 26.9. The number of hydrogen-bond acceptors (Lipinski definition) is 16. The number of nitrogens with zero attached hydrogens (tertiary/aromatic N) is 1. The van der Waals surface area contributed by atoms with Crippen molar-refractivity contribution in [3.63, 3.8) is 0 Å². The number of carbonyl (C=O) groups is 8. The van der Waals surface area contributed by atoms with Gasteiger partial charge in [-0.25, -0.2) is 4.90 Å². The van der Waals surface area contributed by atoms with Crippen LogP contribution >= 0.6 is 23.5 Å². The smallest absolute Gasteiger partial charge is 0.307 e. The Balaban J connectivity index is 1.03. The molecule has 2 aliphatic rings. The van der Waals surface area contributed by atoms with Gasteiger partial charge in [-0.05, 0) is 83.6 Å². The van der Waals surface area contributed by atoms with Gasteiger partial charge in [0.05, 0.1) is 43.3 Å². The number of hydrogen-bond donors (Lipinski definition) is 3. The number of thioether (sulfide) groups is 2. The van der Waals surface area contributed by atoms with E-state index in [1.165, 1.54) is 7.11 Å². The van der Waals surface area contributed by atoms with E-state index in [1.54, 1.807) is 97.1 Å². The Morgan fingerprint density at radius 2 is 1.12 bits per heavy atom. The zero-order valence-corrected chi connectivity index (χ0v) is 36.9. The normalized spacial score (nSPS) is 16.5. The van der Waals surface area contributed by atoms with Crippen LogP contribution in [-0.2, 0) is 51.1 Å². The molecule has 2 unspecified atom stereocenters. The van der Waals surface area contributed by atoms with Crippen LogP contribution in [0.4, 0.5) is 9.59 Å². The summed E-state index contributed by atoms with van der Waals surface area (Å²) in [4.78, 5) is 98.1. The zero-order valence-electron chi connectivity index (χ0n) is 35.3. The molecule has 2 aliphatic heterocycles. The number of carboxylic acids is 2. The van der Waals surface area contributed by atoms with E-state index in [-0.39, 0.29) is 50.6 Å². The highest BCUT2D eigenvalue weighted by atomic mass is 32.2. The molecule has 6 rings (SSSR count). The Kier molecular flexibility index (Phi) is 17.0. The minimum Gasteiger partial charge on any atom is -0.497 e. The molecule has 0 saturated carbocycles. The number of rotatable bonds is 24. The molecule has 4 aromatic rings. The predicted molar refractivity (Wildman–Crippen MR) is 236 cm³/mol. The zero-order chi connectivity index (χ0) is 47.2. The summed E-state index contributed by atoms with van der Waals surface area (Å²) in [7, 11) is 1.50. The van der Waals surface area contributed by atoms with Crippen LogP contribution in [0.5, 0.6) is 23.0 Å². The van der Waals surface area contributed by atoms with Gasteiger partial charge < -0.3 is 38.6 Å². The number of esters is 2. The Bertz CT molecular complexity index is 2430. The second-order valence-corrected chi connectivity index (χ2v) is 17.0. The standard InChI is InChI=1S/C46H44N2O16S2/c1-59-33-6-2-4-29(22-33)35(63-41(53)18-16-39(49)50)24-60-32-14-10-28(11-15-32)21-38-44(56)48(46(58)66-38)26-62-34-7-3-5-30(23-34)36(64-42(54)19-17-40(51)52)25-61-31-12-8-27(9-13-31)20-37-43(55)47-45(57)65-37/h2-15,22-23,35-38H,16-21,24-26H2,1H3,(H,49,50)(H,51,52)(H,47,55,57)/t35-,36+,37?,38?/m0/s1. The second-order valence-electron chi connectivity index (χ2n) is 14.7. The Morgan fingerprint density at radius 3 is 1.61 bits per heavy atom. The molecule has 346 valence electrons. The molecule has 4 atom stereocenters. The van der Waals surface area contributed by atoms with Gasteiger partial charge in [-0.1, -0.05) is 72.1 Å². The largest absolute Gasteiger partial charge is 0.497 e. The molecule has 18 nitrogen and oxygen atoms in total. The van der Waals surface area contributed by atoms with E-state index in [9.17, 15) is 38.4 Å². The predicted octanol–water partition coefficient (Wildman–Crippen LogP) is 6.29. The minimum absolute atomic E-state index is 0.0919. The molecule has 4 aromatic carbocycles. The van der Waals surface area contributed by atoms with Crippen LogP contribution in [0.25, 0.3) is 0 Å². The van der Waals surface area contributed by atoms with E-state index < -0.39 is 76.1 Å². The molecule has 66 heavy (non-hydrogen) atoms. The fourth-order valence-electron chi connectivity index (χ4n) is 6.52. The molecule has 2 fully saturated rings. The first-order chi connectivity index (χ1) is 31.7. The monoisotopic (exact) mass is 944 g/mol. The molecular formula is C46H44N2O16S2. The summed E-state index contributed by atoms with van der Waals surface area (Å²) >= 11 is 1.78. The maximum atomic E-state index is 13.4. The molecule has 4 amide bonds. The van der Waals surface area contributed by atoms with Crippen molar-refractivity contribution in [3.8, 4) is 23.0 Å². The highest BCUT2D eigenvalue weighted by Gasteiger charge is 2.40. The molecular weight excluding hydrogens is 901 g/mol. The highest BCUT2D eigenvalue weighted by molar-refractivity contribution is 8.15. The van der Waals surface area contributed by atoms with Crippen LogP contribution in [0.3, 0.4) is 0 Å². The molecule has 3 N–H and O–H groups in total. The van der Waals surface area contributed by atoms with Gasteiger partial charge >= 0.3 is 23.9 Å². The van der Waals surface area contributed by atoms with Gasteiger partial charge in [-0.2, -0.15) is 0 Å². The van der Waals surface area contributed by atoms with Crippen LogP contribution < -0.4 is 24.3 Å². The lowest BCUT2D eigenvalue weighted by atomic mass is 10.1. The van der Waals surface area contributed by atoms with Crippen molar-refractivity contribution < 1.29 is 77.0 Å². The molecule has 0 aromatic heterocycles. The van der Waals surface area contributed by atoms with E-state index in [4.69, 9.17) is 38.6 Å². The molecule has 0 radical (unpaired) electrons. The average molecular weight is 945 g/mol.